The highest BCUT2D eigenvalue weighted by atomic mass is 32.2. The number of para-hydroxylation sites is 1. The highest BCUT2D eigenvalue weighted by Gasteiger charge is 2.19. The molecule has 1 amide bonds. The van der Waals surface area contributed by atoms with Gasteiger partial charge in [-0.2, -0.15) is 0 Å². The number of nitrogens with zero attached hydrogens (tertiary/aromatic N) is 3. The Bertz CT molecular complexity index is 915. The quantitative estimate of drug-likeness (QED) is 0.671. The number of anilines is 1. The fourth-order valence-electron chi connectivity index (χ4n) is 2.27. The molecule has 1 heterocycles. The summed E-state index contributed by atoms with van der Waals surface area (Å²) in [4.78, 5) is 12.4. The lowest BCUT2D eigenvalue weighted by molar-refractivity contribution is -0.115. The maximum Gasteiger partial charge on any atom is 0.237 e. The van der Waals surface area contributed by atoms with Crippen LogP contribution in [-0.4, -0.2) is 33.0 Å². The number of benzene rings is 2. The van der Waals surface area contributed by atoms with Gasteiger partial charge in [0, 0.05) is 11.8 Å². The summed E-state index contributed by atoms with van der Waals surface area (Å²) in [6.07, 6.45) is 1.42. The SMILES string of the molecule is COc1cccc(NC(=O)[C@@H](C)Sc2nncn2-c2ccccc2F)c1. The molecule has 8 heteroatoms. The van der Waals surface area contributed by atoms with Crippen molar-refractivity contribution in [1.82, 2.24) is 14.8 Å². The Morgan fingerprint density at radius 1 is 1.27 bits per heavy atom. The van der Waals surface area contributed by atoms with Crippen LogP contribution >= 0.6 is 11.8 Å². The Hall–Kier alpha value is -2.87. The summed E-state index contributed by atoms with van der Waals surface area (Å²) in [7, 11) is 1.56. The second-order valence-electron chi connectivity index (χ2n) is 5.42. The van der Waals surface area contributed by atoms with Crippen LogP contribution in [-0.2, 0) is 4.79 Å². The maximum atomic E-state index is 14.0. The fourth-order valence-corrected chi connectivity index (χ4v) is 3.11. The lowest BCUT2D eigenvalue weighted by Crippen LogP contribution is -2.22. The van der Waals surface area contributed by atoms with E-state index in [1.54, 1.807) is 56.5 Å². The molecule has 0 aliphatic heterocycles. The minimum atomic E-state index is -0.462. The standard InChI is InChI=1S/C18H17FN4O2S/c1-12(17(24)21-13-6-5-7-14(10-13)25-2)26-18-22-20-11-23(18)16-9-4-3-8-15(16)19/h3-12H,1-2H3,(H,21,24)/t12-/m1/s1. The number of carbonyl (C=O) groups is 1. The molecule has 6 nitrogen and oxygen atoms in total. The molecule has 0 aliphatic carbocycles. The number of amides is 1. The topological polar surface area (TPSA) is 69.0 Å². The molecule has 0 bridgehead atoms. The second-order valence-corrected chi connectivity index (χ2v) is 6.72. The molecule has 0 aliphatic rings. The van der Waals surface area contributed by atoms with E-state index in [0.717, 1.165) is 0 Å². The lowest BCUT2D eigenvalue weighted by Gasteiger charge is -2.13. The number of thioether (sulfide) groups is 1. The number of methoxy groups -OCH3 is 1. The van der Waals surface area contributed by atoms with Crippen LogP contribution in [0.25, 0.3) is 5.69 Å². The molecule has 2 aromatic carbocycles. The van der Waals surface area contributed by atoms with E-state index in [9.17, 15) is 9.18 Å². The Morgan fingerprint density at radius 2 is 2.08 bits per heavy atom. The Labute approximate surface area is 154 Å². The molecule has 134 valence electrons. The number of hydrogen-bond donors (Lipinski definition) is 1. The predicted molar refractivity (Wildman–Crippen MR) is 98.3 cm³/mol. The van der Waals surface area contributed by atoms with Gasteiger partial charge in [-0.1, -0.05) is 30.0 Å². The first kappa shape index (κ1) is 17.9. The minimum absolute atomic E-state index is 0.202. The Balaban J connectivity index is 1.72. The van der Waals surface area contributed by atoms with Gasteiger partial charge in [0.25, 0.3) is 0 Å². The van der Waals surface area contributed by atoms with Crippen LogP contribution in [0.4, 0.5) is 10.1 Å². The summed E-state index contributed by atoms with van der Waals surface area (Å²) in [5.74, 6) is 0.0661. The normalized spacial score (nSPS) is 11.8. The zero-order valence-corrected chi connectivity index (χ0v) is 15.0. The molecular weight excluding hydrogens is 355 g/mol. The third-order valence-corrected chi connectivity index (χ3v) is 4.67. The summed E-state index contributed by atoms with van der Waals surface area (Å²) >= 11 is 1.20. The summed E-state index contributed by atoms with van der Waals surface area (Å²) in [5, 5.41) is 10.6. The minimum Gasteiger partial charge on any atom is -0.497 e. The van der Waals surface area contributed by atoms with Gasteiger partial charge in [0.2, 0.25) is 5.91 Å². The van der Waals surface area contributed by atoms with Crippen molar-refractivity contribution in [2.75, 3.05) is 12.4 Å². The van der Waals surface area contributed by atoms with E-state index in [4.69, 9.17) is 4.74 Å². The van der Waals surface area contributed by atoms with Crippen molar-refractivity contribution >= 4 is 23.4 Å². The number of nitrogens with one attached hydrogen (secondary N) is 1. The number of ether oxygens (including phenoxy) is 1. The predicted octanol–water partition coefficient (Wildman–Crippen LogP) is 3.53. The van der Waals surface area contributed by atoms with Crippen molar-refractivity contribution in [2.24, 2.45) is 0 Å². The van der Waals surface area contributed by atoms with E-state index in [1.165, 1.54) is 28.7 Å². The number of halogens is 1. The first-order valence-electron chi connectivity index (χ1n) is 7.85. The van der Waals surface area contributed by atoms with Gasteiger partial charge >= 0.3 is 0 Å². The number of rotatable bonds is 6. The first-order valence-corrected chi connectivity index (χ1v) is 8.73. The average Bonchev–Trinajstić information content (AvgIpc) is 3.10. The molecule has 3 aromatic rings. The van der Waals surface area contributed by atoms with Crippen LogP contribution < -0.4 is 10.1 Å². The monoisotopic (exact) mass is 372 g/mol. The number of hydrogen-bond acceptors (Lipinski definition) is 5. The molecule has 3 rings (SSSR count). The summed E-state index contributed by atoms with van der Waals surface area (Å²) < 4.78 is 20.7. The van der Waals surface area contributed by atoms with Gasteiger partial charge in [0.15, 0.2) is 5.16 Å². The second kappa shape index (κ2) is 8.01. The molecule has 1 aromatic heterocycles. The van der Waals surface area contributed by atoms with Gasteiger partial charge in [-0.3, -0.25) is 9.36 Å². The van der Waals surface area contributed by atoms with E-state index >= 15 is 0 Å². The van der Waals surface area contributed by atoms with Crippen molar-refractivity contribution in [3.05, 3.63) is 60.7 Å². The average molecular weight is 372 g/mol. The lowest BCUT2D eigenvalue weighted by atomic mass is 10.3. The molecule has 0 unspecified atom stereocenters. The highest BCUT2D eigenvalue weighted by molar-refractivity contribution is 8.00. The smallest absolute Gasteiger partial charge is 0.237 e. The van der Waals surface area contributed by atoms with E-state index in [0.29, 0.717) is 22.3 Å². The Morgan fingerprint density at radius 3 is 2.85 bits per heavy atom. The van der Waals surface area contributed by atoms with Crippen LogP contribution in [0.5, 0.6) is 5.75 Å². The molecule has 0 spiro atoms. The summed E-state index contributed by atoms with van der Waals surface area (Å²) in [6.45, 7) is 1.75. The molecule has 0 radical (unpaired) electrons. The van der Waals surface area contributed by atoms with Gasteiger partial charge in [-0.05, 0) is 31.2 Å². The third kappa shape index (κ3) is 4.02. The van der Waals surface area contributed by atoms with E-state index in [2.05, 4.69) is 15.5 Å². The van der Waals surface area contributed by atoms with E-state index < -0.39 is 5.25 Å². The van der Waals surface area contributed by atoms with Crippen LogP contribution in [0.15, 0.2) is 60.0 Å². The van der Waals surface area contributed by atoms with E-state index in [1.807, 2.05) is 0 Å². The summed E-state index contributed by atoms with van der Waals surface area (Å²) in [6, 6.07) is 13.4. The van der Waals surface area contributed by atoms with E-state index in [-0.39, 0.29) is 11.7 Å². The van der Waals surface area contributed by atoms with Crippen molar-refractivity contribution in [2.45, 2.75) is 17.3 Å². The zero-order valence-electron chi connectivity index (χ0n) is 14.2. The molecule has 0 fully saturated rings. The van der Waals surface area contributed by atoms with Gasteiger partial charge in [-0.25, -0.2) is 4.39 Å². The van der Waals surface area contributed by atoms with Crippen LogP contribution in [0.3, 0.4) is 0 Å². The molecular formula is C18H17FN4O2S. The van der Waals surface area contributed by atoms with Gasteiger partial charge in [0.05, 0.1) is 18.0 Å². The van der Waals surface area contributed by atoms with Crippen molar-refractivity contribution in [3.8, 4) is 11.4 Å². The third-order valence-electron chi connectivity index (χ3n) is 3.62. The summed E-state index contributed by atoms with van der Waals surface area (Å²) in [5.41, 5.74) is 0.970. The number of aromatic nitrogens is 3. The first-order chi connectivity index (χ1) is 12.6. The molecule has 1 N–H and O–H groups in total. The fraction of sp³-hybridized carbons (Fsp3) is 0.167. The molecule has 1 atom stereocenters. The van der Waals surface area contributed by atoms with Gasteiger partial charge < -0.3 is 10.1 Å². The molecule has 26 heavy (non-hydrogen) atoms. The van der Waals surface area contributed by atoms with Crippen molar-refractivity contribution < 1.29 is 13.9 Å². The van der Waals surface area contributed by atoms with Crippen LogP contribution in [0.2, 0.25) is 0 Å². The van der Waals surface area contributed by atoms with Crippen molar-refractivity contribution in [1.29, 1.82) is 0 Å². The number of carbonyl (C=O) groups excluding carboxylic acids is 1. The molecule has 0 saturated heterocycles. The van der Waals surface area contributed by atoms with Gasteiger partial charge in [-0.15, -0.1) is 10.2 Å². The molecule has 0 saturated carbocycles. The maximum absolute atomic E-state index is 14.0. The largest absolute Gasteiger partial charge is 0.497 e. The van der Waals surface area contributed by atoms with Gasteiger partial charge in [0.1, 0.15) is 17.9 Å². The van der Waals surface area contributed by atoms with Crippen LogP contribution in [0, 0.1) is 5.82 Å². The highest BCUT2D eigenvalue weighted by Crippen LogP contribution is 2.26. The zero-order chi connectivity index (χ0) is 18.5. The van der Waals surface area contributed by atoms with Crippen LogP contribution in [0.1, 0.15) is 6.92 Å². The van der Waals surface area contributed by atoms with Crippen molar-refractivity contribution in [3.63, 3.8) is 0 Å². The Kier molecular flexibility index (Phi) is 5.52.